The maximum absolute atomic E-state index is 12.8. The van der Waals surface area contributed by atoms with Crippen LogP contribution in [-0.2, 0) is 16.0 Å². The summed E-state index contributed by atoms with van der Waals surface area (Å²) >= 11 is 0. The van der Waals surface area contributed by atoms with Gasteiger partial charge in [0, 0.05) is 5.56 Å². The molecule has 0 fully saturated rings. The van der Waals surface area contributed by atoms with E-state index in [4.69, 9.17) is 9.47 Å². The number of hydrogen-bond donors (Lipinski definition) is 0. The van der Waals surface area contributed by atoms with E-state index in [1.165, 1.54) is 14.2 Å². The van der Waals surface area contributed by atoms with Gasteiger partial charge in [0.15, 0.2) is 0 Å². The van der Waals surface area contributed by atoms with Gasteiger partial charge in [0.1, 0.15) is 5.75 Å². The van der Waals surface area contributed by atoms with Crippen LogP contribution < -0.4 is 66.3 Å². The summed E-state index contributed by atoms with van der Waals surface area (Å²) in [7, 11) is 3.56. The van der Waals surface area contributed by atoms with Gasteiger partial charge in [-0.3, -0.25) is 4.79 Å². The van der Waals surface area contributed by atoms with Gasteiger partial charge in [0.05, 0.1) is 33.5 Å². The van der Waals surface area contributed by atoms with E-state index in [-0.39, 0.29) is 74.9 Å². The molecule has 0 spiro atoms. The third-order valence-corrected chi connectivity index (χ3v) is 2.55. The minimum absolute atomic E-state index is 0. The smallest absolute Gasteiger partial charge is 0.500 e. The Morgan fingerprint density at radius 1 is 1.10 bits per heavy atom. The van der Waals surface area contributed by atoms with Crippen molar-refractivity contribution in [2.75, 3.05) is 21.3 Å². The first kappa shape index (κ1) is 19.8. The van der Waals surface area contributed by atoms with Gasteiger partial charge in [0.25, 0.3) is 0 Å². The molecule has 1 aromatic carbocycles. The number of halogens is 3. The number of carbonyl (C=O) groups excluding carboxylic acids is 1. The van der Waals surface area contributed by atoms with Gasteiger partial charge in [-0.2, -0.15) is 0 Å². The van der Waals surface area contributed by atoms with E-state index in [1.807, 2.05) is 0 Å². The largest absolute Gasteiger partial charge is 1.00 e. The first-order valence-corrected chi connectivity index (χ1v) is 5.35. The Morgan fingerprint density at radius 2 is 1.65 bits per heavy atom. The molecule has 20 heavy (non-hydrogen) atoms. The number of carbonyl (C=O) groups is 1. The second kappa shape index (κ2) is 8.28. The molecule has 0 saturated carbocycles. The molecule has 1 rings (SSSR count). The average molecular weight is 316 g/mol. The van der Waals surface area contributed by atoms with Crippen LogP contribution in [0, 0.1) is 0 Å². The molecule has 0 unspecified atom stereocenters. The first-order valence-electron chi connectivity index (χ1n) is 5.35. The number of esters is 1. The summed E-state index contributed by atoms with van der Waals surface area (Å²) in [5.41, 5.74) is -0.622. The van der Waals surface area contributed by atoms with E-state index >= 15 is 0 Å². The van der Waals surface area contributed by atoms with Crippen molar-refractivity contribution in [3.8, 4) is 11.5 Å². The van der Waals surface area contributed by atoms with Crippen LogP contribution in [0.5, 0.6) is 11.5 Å². The van der Waals surface area contributed by atoms with Crippen LogP contribution in [0.1, 0.15) is 5.56 Å². The van der Waals surface area contributed by atoms with Gasteiger partial charge < -0.3 is 27.2 Å². The number of benzene rings is 1. The van der Waals surface area contributed by atoms with Crippen molar-refractivity contribution in [2.24, 2.45) is 0 Å². The molecule has 0 aliphatic heterocycles. The van der Waals surface area contributed by atoms with Crippen LogP contribution in [0.25, 0.3) is 0 Å². The molecule has 0 radical (unpaired) electrons. The number of methoxy groups -OCH3 is 3. The topological polar surface area (TPSA) is 44.8 Å². The molecule has 0 amide bonds. The standard InChI is InChI=1S/C11H13BF3O4.K/c1-17-9-6-8(12(13,14)15)10(18-2)4-7(9)5-11(16)19-3;/h4,6H,5H2,1-3H3;/q-1;+1. The van der Waals surface area contributed by atoms with Crippen molar-refractivity contribution in [1.29, 1.82) is 0 Å². The third kappa shape index (κ3) is 4.96. The number of rotatable bonds is 5. The zero-order valence-corrected chi connectivity index (χ0v) is 14.8. The fraction of sp³-hybridized carbons (Fsp3) is 0.364. The van der Waals surface area contributed by atoms with Crippen molar-refractivity contribution in [3.63, 3.8) is 0 Å². The first-order chi connectivity index (χ1) is 8.83. The molecule has 0 bridgehead atoms. The SMILES string of the molecule is COC(=O)Cc1cc(OC)c([B-](F)(F)F)cc1OC.[K+]. The molecule has 0 heterocycles. The monoisotopic (exact) mass is 316 g/mol. The predicted octanol–water partition coefficient (Wildman–Crippen LogP) is -1.52. The van der Waals surface area contributed by atoms with Crippen molar-refractivity contribution in [2.45, 2.75) is 6.42 Å². The second-order valence-corrected chi connectivity index (χ2v) is 3.73. The summed E-state index contributed by atoms with van der Waals surface area (Å²) in [6.45, 7) is -5.23. The van der Waals surface area contributed by atoms with Gasteiger partial charge in [0.2, 0.25) is 0 Å². The Bertz CT molecular complexity index is 479. The van der Waals surface area contributed by atoms with Crippen LogP contribution in [0.4, 0.5) is 12.9 Å². The molecule has 0 saturated heterocycles. The van der Waals surface area contributed by atoms with Gasteiger partial charge in [-0.15, -0.1) is 0 Å². The van der Waals surface area contributed by atoms with E-state index in [0.29, 0.717) is 0 Å². The average Bonchev–Trinajstić information content (AvgIpc) is 2.36. The summed E-state index contributed by atoms with van der Waals surface area (Å²) in [6, 6.07) is 1.97. The molecule has 1 aromatic rings. The molecule has 4 nitrogen and oxygen atoms in total. The van der Waals surface area contributed by atoms with E-state index in [1.54, 1.807) is 0 Å². The quantitative estimate of drug-likeness (QED) is 0.489. The minimum Gasteiger partial charge on any atom is -0.500 e. The van der Waals surface area contributed by atoms with Gasteiger partial charge in [-0.05, 0) is 12.1 Å². The summed E-state index contributed by atoms with van der Waals surface area (Å²) in [4.78, 5) is 11.2. The third-order valence-electron chi connectivity index (χ3n) is 2.55. The molecule has 0 aliphatic carbocycles. The van der Waals surface area contributed by atoms with E-state index in [9.17, 15) is 17.7 Å². The summed E-state index contributed by atoms with van der Waals surface area (Å²) in [6.07, 6.45) is -0.193. The minimum atomic E-state index is -5.23. The van der Waals surface area contributed by atoms with Gasteiger partial charge in [-0.1, -0.05) is 5.46 Å². The Labute approximate surface area is 157 Å². The van der Waals surface area contributed by atoms with Crippen molar-refractivity contribution >= 4 is 18.4 Å². The van der Waals surface area contributed by atoms with Crippen molar-refractivity contribution < 1.29 is 83.3 Å². The zero-order valence-electron chi connectivity index (χ0n) is 11.7. The second-order valence-electron chi connectivity index (χ2n) is 3.73. The van der Waals surface area contributed by atoms with Crippen molar-refractivity contribution in [1.82, 2.24) is 0 Å². The van der Waals surface area contributed by atoms with Crippen molar-refractivity contribution in [3.05, 3.63) is 17.7 Å². The van der Waals surface area contributed by atoms with Crippen LogP contribution >= 0.6 is 0 Å². The molecule has 0 aromatic heterocycles. The van der Waals surface area contributed by atoms with Crippen LogP contribution in [-0.4, -0.2) is 34.3 Å². The molecule has 9 heteroatoms. The fourth-order valence-electron chi connectivity index (χ4n) is 1.61. The Balaban J connectivity index is 0.00000361. The molecule has 0 atom stereocenters. The fourth-order valence-corrected chi connectivity index (χ4v) is 1.61. The molecule has 106 valence electrons. The Morgan fingerprint density at radius 3 is 2.05 bits per heavy atom. The number of ether oxygens (including phenoxy) is 3. The molecule has 0 N–H and O–H groups in total. The van der Waals surface area contributed by atoms with Gasteiger partial charge in [-0.25, -0.2) is 0 Å². The van der Waals surface area contributed by atoms with E-state index < -0.39 is 18.4 Å². The molecular weight excluding hydrogens is 303 g/mol. The molecular formula is C11H13BF3KO4. The predicted molar refractivity (Wildman–Crippen MR) is 64.0 cm³/mol. The van der Waals surface area contributed by atoms with Crippen LogP contribution in [0.3, 0.4) is 0 Å². The van der Waals surface area contributed by atoms with Crippen LogP contribution in [0.2, 0.25) is 0 Å². The summed E-state index contributed by atoms with van der Waals surface area (Å²) < 4.78 is 52.6. The van der Waals surface area contributed by atoms with Crippen LogP contribution in [0.15, 0.2) is 12.1 Å². The summed E-state index contributed by atoms with van der Waals surface area (Å²) in [5, 5.41) is 0. The number of hydrogen-bond acceptors (Lipinski definition) is 4. The maximum atomic E-state index is 12.8. The van der Waals surface area contributed by atoms with E-state index in [2.05, 4.69) is 4.74 Å². The Hall–Kier alpha value is -0.219. The van der Waals surface area contributed by atoms with Gasteiger partial charge >= 0.3 is 64.3 Å². The summed E-state index contributed by atoms with van der Waals surface area (Å²) in [5.74, 6) is -0.946. The zero-order chi connectivity index (χ0) is 14.6. The maximum Gasteiger partial charge on any atom is 1.00 e. The molecule has 0 aliphatic rings. The van der Waals surface area contributed by atoms with E-state index in [0.717, 1.165) is 19.2 Å². The normalized spacial score (nSPS) is 10.5. The Kier molecular flexibility index (Phi) is 8.19.